The highest BCUT2D eigenvalue weighted by molar-refractivity contribution is 7.80. The summed E-state index contributed by atoms with van der Waals surface area (Å²) in [6.45, 7) is 0. The second-order valence-corrected chi connectivity index (χ2v) is 3.98. The van der Waals surface area contributed by atoms with E-state index in [-0.39, 0.29) is 0 Å². The Morgan fingerprint density at radius 1 is 1.20 bits per heavy atom. The van der Waals surface area contributed by atoms with Gasteiger partial charge in [-0.3, -0.25) is 0 Å². The highest BCUT2D eigenvalue weighted by atomic mass is 35.5. The first kappa shape index (κ1) is 12.5. The van der Waals surface area contributed by atoms with Crippen molar-refractivity contribution < 1.29 is 9.47 Å². The fourth-order valence-corrected chi connectivity index (χ4v) is 1.76. The summed E-state index contributed by atoms with van der Waals surface area (Å²) < 4.78 is 10.4. The molecule has 1 aromatic rings. The Morgan fingerprint density at radius 3 is 2.33 bits per heavy atom. The molecule has 0 aliphatic rings. The van der Waals surface area contributed by atoms with E-state index in [0.29, 0.717) is 5.75 Å². The van der Waals surface area contributed by atoms with Gasteiger partial charge in [0, 0.05) is 11.1 Å². The lowest BCUT2D eigenvalue weighted by molar-refractivity contribution is 0.354. The van der Waals surface area contributed by atoms with Gasteiger partial charge < -0.3 is 9.47 Å². The van der Waals surface area contributed by atoms with Crippen molar-refractivity contribution in [1.82, 2.24) is 0 Å². The van der Waals surface area contributed by atoms with Crippen LogP contribution in [0, 0.1) is 0 Å². The molecule has 0 radical (unpaired) electrons. The van der Waals surface area contributed by atoms with Gasteiger partial charge in [-0.05, 0) is 30.2 Å². The highest BCUT2D eigenvalue weighted by Crippen LogP contribution is 2.33. The van der Waals surface area contributed by atoms with E-state index in [9.17, 15) is 0 Å². The topological polar surface area (TPSA) is 18.5 Å². The van der Waals surface area contributed by atoms with Gasteiger partial charge in [0.2, 0.25) is 0 Å². The number of hydrogen-bond acceptors (Lipinski definition) is 3. The van der Waals surface area contributed by atoms with Crippen molar-refractivity contribution >= 4 is 24.2 Å². The van der Waals surface area contributed by atoms with Crippen LogP contribution >= 0.6 is 24.2 Å². The first-order chi connectivity index (χ1) is 7.22. The molecule has 0 N–H and O–H groups in total. The van der Waals surface area contributed by atoms with E-state index in [1.807, 2.05) is 6.07 Å². The summed E-state index contributed by atoms with van der Waals surface area (Å²) in [6.07, 6.45) is 1.90. The standard InChI is InChI=1S/C11H15ClO2S/c1-13-10-6-8(4-3-5-15)9(12)7-11(10)14-2/h6-7,15H,3-5H2,1-2H3. The summed E-state index contributed by atoms with van der Waals surface area (Å²) in [5, 5.41) is 0.717. The molecule has 2 nitrogen and oxygen atoms in total. The van der Waals surface area contributed by atoms with E-state index in [1.54, 1.807) is 20.3 Å². The zero-order valence-corrected chi connectivity index (χ0v) is 10.6. The lowest BCUT2D eigenvalue weighted by Gasteiger charge is -2.11. The molecule has 84 valence electrons. The van der Waals surface area contributed by atoms with Crippen molar-refractivity contribution in [3.05, 3.63) is 22.7 Å². The Labute approximate surface area is 101 Å². The van der Waals surface area contributed by atoms with Gasteiger partial charge in [0.25, 0.3) is 0 Å². The fourth-order valence-electron chi connectivity index (χ4n) is 1.36. The van der Waals surface area contributed by atoms with Gasteiger partial charge >= 0.3 is 0 Å². The number of thiol groups is 1. The molecule has 0 spiro atoms. The largest absolute Gasteiger partial charge is 0.493 e. The minimum atomic E-state index is 0.664. The zero-order chi connectivity index (χ0) is 11.3. The van der Waals surface area contributed by atoms with Gasteiger partial charge in [-0.25, -0.2) is 0 Å². The molecule has 4 heteroatoms. The smallest absolute Gasteiger partial charge is 0.162 e. The third-order valence-electron chi connectivity index (χ3n) is 2.16. The normalized spacial score (nSPS) is 10.1. The van der Waals surface area contributed by atoms with Crippen molar-refractivity contribution in [1.29, 1.82) is 0 Å². The van der Waals surface area contributed by atoms with Crippen LogP contribution in [0.5, 0.6) is 11.5 Å². The molecule has 0 bridgehead atoms. The van der Waals surface area contributed by atoms with Gasteiger partial charge in [0.05, 0.1) is 14.2 Å². The van der Waals surface area contributed by atoms with Gasteiger partial charge in [-0.2, -0.15) is 12.6 Å². The monoisotopic (exact) mass is 246 g/mol. The molecule has 0 fully saturated rings. The van der Waals surface area contributed by atoms with Crippen molar-refractivity contribution in [2.24, 2.45) is 0 Å². The SMILES string of the molecule is COc1cc(Cl)c(CCCS)cc1OC. The first-order valence-electron chi connectivity index (χ1n) is 4.74. The lowest BCUT2D eigenvalue weighted by atomic mass is 10.1. The van der Waals surface area contributed by atoms with E-state index >= 15 is 0 Å². The summed E-state index contributed by atoms with van der Waals surface area (Å²) in [5.74, 6) is 2.23. The summed E-state index contributed by atoms with van der Waals surface area (Å²) in [6, 6.07) is 3.71. The van der Waals surface area contributed by atoms with Gasteiger partial charge in [0.1, 0.15) is 0 Å². The molecule has 1 aromatic carbocycles. The average molecular weight is 247 g/mol. The summed E-state index contributed by atoms with van der Waals surface area (Å²) >= 11 is 10.3. The second-order valence-electron chi connectivity index (χ2n) is 3.13. The van der Waals surface area contributed by atoms with Crippen LogP contribution in [0.2, 0.25) is 5.02 Å². The summed E-state index contributed by atoms with van der Waals surface area (Å²) in [5.41, 5.74) is 1.07. The quantitative estimate of drug-likeness (QED) is 0.805. The van der Waals surface area contributed by atoms with Crippen molar-refractivity contribution in [3.63, 3.8) is 0 Å². The van der Waals surface area contributed by atoms with Gasteiger partial charge in [-0.15, -0.1) is 0 Å². The fraction of sp³-hybridized carbons (Fsp3) is 0.455. The van der Waals surface area contributed by atoms with Crippen LogP contribution in [0.25, 0.3) is 0 Å². The summed E-state index contributed by atoms with van der Waals surface area (Å²) in [4.78, 5) is 0. The molecule has 0 atom stereocenters. The third-order valence-corrected chi connectivity index (χ3v) is 2.82. The molecule has 0 saturated heterocycles. The van der Waals surface area contributed by atoms with Crippen molar-refractivity contribution in [2.45, 2.75) is 12.8 Å². The molecule has 1 rings (SSSR count). The molecule has 0 aromatic heterocycles. The van der Waals surface area contributed by atoms with Gasteiger partial charge in [0.15, 0.2) is 11.5 Å². The van der Waals surface area contributed by atoms with Crippen LogP contribution < -0.4 is 9.47 Å². The van der Waals surface area contributed by atoms with Crippen LogP contribution in [0.15, 0.2) is 12.1 Å². The van der Waals surface area contributed by atoms with E-state index in [4.69, 9.17) is 21.1 Å². The third kappa shape index (κ3) is 3.21. The Balaban J connectivity index is 2.97. The molecule has 0 aliphatic heterocycles. The maximum atomic E-state index is 6.11. The van der Waals surface area contributed by atoms with Crippen LogP contribution in [-0.2, 0) is 6.42 Å². The van der Waals surface area contributed by atoms with E-state index in [1.165, 1.54) is 0 Å². The van der Waals surface area contributed by atoms with E-state index in [0.717, 1.165) is 34.9 Å². The Morgan fingerprint density at radius 2 is 1.80 bits per heavy atom. The predicted octanol–water partition coefficient (Wildman–Crippen LogP) is 3.22. The number of aryl methyl sites for hydroxylation is 1. The minimum absolute atomic E-state index is 0.664. The number of hydrogen-bond donors (Lipinski definition) is 1. The van der Waals surface area contributed by atoms with Crippen LogP contribution in [0.3, 0.4) is 0 Å². The average Bonchev–Trinajstić information content (AvgIpc) is 2.27. The summed E-state index contributed by atoms with van der Waals surface area (Å²) in [7, 11) is 3.22. The van der Waals surface area contributed by atoms with Crippen LogP contribution in [0.1, 0.15) is 12.0 Å². The van der Waals surface area contributed by atoms with Gasteiger partial charge in [-0.1, -0.05) is 11.6 Å². The zero-order valence-electron chi connectivity index (χ0n) is 8.92. The minimum Gasteiger partial charge on any atom is -0.493 e. The number of methoxy groups -OCH3 is 2. The molecule has 0 aliphatic carbocycles. The molecular weight excluding hydrogens is 232 g/mol. The predicted molar refractivity (Wildman–Crippen MR) is 66.7 cm³/mol. The second kappa shape index (κ2) is 6.13. The molecule has 0 amide bonds. The van der Waals surface area contributed by atoms with E-state index < -0.39 is 0 Å². The number of rotatable bonds is 5. The van der Waals surface area contributed by atoms with E-state index in [2.05, 4.69) is 12.6 Å². The highest BCUT2D eigenvalue weighted by Gasteiger charge is 2.09. The lowest BCUT2D eigenvalue weighted by Crippen LogP contribution is -1.94. The first-order valence-corrected chi connectivity index (χ1v) is 5.75. The van der Waals surface area contributed by atoms with Crippen molar-refractivity contribution in [2.75, 3.05) is 20.0 Å². The van der Waals surface area contributed by atoms with Crippen LogP contribution in [0.4, 0.5) is 0 Å². The molecule has 15 heavy (non-hydrogen) atoms. The van der Waals surface area contributed by atoms with Crippen molar-refractivity contribution in [3.8, 4) is 11.5 Å². The number of ether oxygens (including phenoxy) is 2. The Kier molecular flexibility index (Phi) is 5.12. The molecule has 0 unspecified atom stereocenters. The Hall–Kier alpha value is -0.540. The number of benzene rings is 1. The molecular formula is C11H15ClO2S. The Bertz CT molecular complexity index is 329. The maximum absolute atomic E-state index is 6.11. The number of halogens is 1. The molecule has 0 heterocycles. The maximum Gasteiger partial charge on any atom is 0.162 e. The molecule has 0 saturated carbocycles. The van der Waals surface area contributed by atoms with Crippen LogP contribution in [-0.4, -0.2) is 20.0 Å².